The number of para-hydroxylation sites is 1. The van der Waals surface area contributed by atoms with Crippen LogP contribution in [0.5, 0.6) is 5.88 Å². The van der Waals surface area contributed by atoms with Gasteiger partial charge >= 0.3 is 6.03 Å². The van der Waals surface area contributed by atoms with Gasteiger partial charge in [0.05, 0.1) is 29.7 Å². The number of carbonyl (C=O) groups excluding carboxylic acids is 1. The molecule has 0 saturated carbocycles. The number of benzene rings is 1. The summed E-state index contributed by atoms with van der Waals surface area (Å²) in [6.07, 6.45) is 2.48. The topological polar surface area (TPSA) is 128 Å². The van der Waals surface area contributed by atoms with E-state index in [0.717, 1.165) is 22.5 Å². The van der Waals surface area contributed by atoms with E-state index in [2.05, 4.69) is 25.9 Å². The normalized spacial score (nSPS) is 18.2. The first-order chi connectivity index (χ1) is 20.5. The standard InChI is InChI=1S/C29H31FN8O4/c1-18-25(20-14-22-28(33-16-20)41-12-10-31-22)36-38(21-6-4-3-5-7-21)27(18)35-29(39)34-23-17-37(11-13-40-2)42-26(23)19-8-9-32-24(30)15-19/h3-9,14-16,23,26,31H,10-13,17H2,1-2H3,(H2,34,35,39)/t23-,26+/m1/s1. The fourth-order valence-corrected chi connectivity index (χ4v) is 5.08. The van der Waals surface area contributed by atoms with Crippen LogP contribution in [0.1, 0.15) is 17.2 Å². The molecule has 2 atom stereocenters. The average Bonchev–Trinajstić information content (AvgIpc) is 3.56. The van der Waals surface area contributed by atoms with Crippen LogP contribution in [-0.2, 0) is 9.57 Å². The number of hydrogen-bond donors (Lipinski definition) is 3. The Hall–Kier alpha value is -4.59. The molecule has 1 aromatic carbocycles. The van der Waals surface area contributed by atoms with Crippen molar-refractivity contribution >= 4 is 17.5 Å². The summed E-state index contributed by atoms with van der Waals surface area (Å²) in [5.74, 6) is 0.421. The van der Waals surface area contributed by atoms with Crippen LogP contribution in [0.4, 0.5) is 20.7 Å². The minimum Gasteiger partial charge on any atom is -0.474 e. The van der Waals surface area contributed by atoms with E-state index < -0.39 is 24.1 Å². The highest BCUT2D eigenvalue weighted by molar-refractivity contribution is 5.91. The first-order valence-electron chi connectivity index (χ1n) is 13.6. The summed E-state index contributed by atoms with van der Waals surface area (Å²) in [5.41, 5.74) is 4.33. The quantitative estimate of drug-likeness (QED) is 0.270. The third-order valence-corrected chi connectivity index (χ3v) is 7.10. The van der Waals surface area contributed by atoms with Gasteiger partial charge in [-0.25, -0.2) is 19.4 Å². The Morgan fingerprint density at radius 2 is 2.07 bits per heavy atom. The lowest BCUT2D eigenvalue weighted by molar-refractivity contribution is -0.154. The predicted molar refractivity (Wildman–Crippen MR) is 153 cm³/mol. The summed E-state index contributed by atoms with van der Waals surface area (Å²) in [4.78, 5) is 27.7. The average molecular weight is 575 g/mol. The zero-order chi connectivity index (χ0) is 29.1. The Balaban J connectivity index is 1.29. The van der Waals surface area contributed by atoms with Gasteiger partial charge in [0.15, 0.2) is 0 Å². The SMILES string of the molecule is COCCN1C[C@@H](NC(=O)Nc2c(C)c(-c3cnc4c(c3)NCCO4)nn2-c2ccccc2)[C@H](c2ccnc(F)c2)O1. The van der Waals surface area contributed by atoms with Crippen LogP contribution in [0.3, 0.4) is 0 Å². The highest BCUT2D eigenvalue weighted by Crippen LogP contribution is 2.35. The molecule has 0 radical (unpaired) electrons. The Labute approximate surface area is 241 Å². The predicted octanol–water partition coefficient (Wildman–Crippen LogP) is 3.71. The zero-order valence-corrected chi connectivity index (χ0v) is 23.2. The molecule has 3 aromatic heterocycles. The maximum absolute atomic E-state index is 14.0. The van der Waals surface area contributed by atoms with Crippen LogP contribution in [0.2, 0.25) is 0 Å². The molecule has 12 nitrogen and oxygen atoms in total. The van der Waals surface area contributed by atoms with Crippen LogP contribution in [0.15, 0.2) is 60.9 Å². The van der Waals surface area contributed by atoms with Crippen molar-refractivity contribution in [3.63, 3.8) is 0 Å². The van der Waals surface area contributed by atoms with Crippen LogP contribution in [-0.4, -0.2) is 76.8 Å². The molecule has 5 heterocycles. The van der Waals surface area contributed by atoms with Gasteiger partial charge in [0.1, 0.15) is 18.5 Å². The third kappa shape index (κ3) is 5.75. The Kier molecular flexibility index (Phi) is 7.95. The lowest BCUT2D eigenvalue weighted by atomic mass is 10.0. The van der Waals surface area contributed by atoms with Crippen LogP contribution in [0, 0.1) is 12.9 Å². The number of methoxy groups -OCH3 is 1. The third-order valence-electron chi connectivity index (χ3n) is 7.10. The van der Waals surface area contributed by atoms with Crippen LogP contribution < -0.4 is 20.7 Å². The highest BCUT2D eigenvalue weighted by atomic mass is 19.1. The number of amides is 2. The van der Waals surface area contributed by atoms with Gasteiger partial charge in [-0.2, -0.15) is 14.6 Å². The molecule has 0 bridgehead atoms. The van der Waals surface area contributed by atoms with Gasteiger partial charge in [0, 0.05) is 50.3 Å². The summed E-state index contributed by atoms with van der Waals surface area (Å²) >= 11 is 0. The fourth-order valence-electron chi connectivity index (χ4n) is 5.08. The molecule has 0 unspecified atom stereocenters. The number of ether oxygens (including phenoxy) is 2. The zero-order valence-electron chi connectivity index (χ0n) is 23.2. The fraction of sp³-hybridized carbons (Fsp3) is 0.310. The molecular formula is C29H31FN8O4. The maximum atomic E-state index is 14.0. The van der Waals surface area contributed by atoms with Crippen molar-refractivity contribution in [2.45, 2.75) is 19.1 Å². The number of nitrogens with zero attached hydrogens (tertiary/aromatic N) is 5. The molecule has 2 aliphatic heterocycles. The van der Waals surface area contributed by atoms with Gasteiger partial charge in [-0.1, -0.05) is 18.2 Å². The van der Waals surface area contributed by atoms with Crippen molar-refractivity contribution in [1.29, 1.82) is 0 Å². The number of carbonyl (C=O) groups is 1. The van der Waals surface area contributed by atoms with E-state index in [4.69, 9.17) is 19.4 Å². The van der Waals surface area contributed by atoms with Gasteiger partial charge in [-0.15, -0.1) is 0 Å². The largest absolute Gasteiger partial charge is 0.474 e. The number of aromatic nitrogens is 4. The Morgan fingerprint density at radius 3 is 2.88 bits per heavy atom. The van der Waals surface area contributed by atoms with E-state index in [0.29, 0.717) is 55.8 Å². The van der Waals surface area contributed by atoms with Gasteiger partial charge < -0.3 is 20.1 Å². The van der Waals surface area contributed by atoms with Crippen molar-refractivity contribution in [3.05, 3.63) is 78.0 Å². The molecule has 0 aliphatic carbocycles. The molecule has 2 amide bonds. The molecule has 2 aliphatic rings. The summed E-state index contributed by atoms with van der Waals surface area (Å²) in [7, 11) is 1.60. The van der Waals surface area contributed by atoms with Crippen molar-refractivity contribution in [2.24, 2.45) is 0 Å². The second-order valence-corrected chi connectivity index (χ2v) is 9.95. The van der Waals surface area contributed by atoms with Crippen molar-refractivity contribution in [1.82, 2.24) is 30.1 Å². The molecule has 0 spiro atoms. The van der Waals surface area contributed by atoms with Crippen molar-refractivity contribution in [2.75, 3.05) is 50.6 Å². The van der Waals surface area contributed by atoms with Gasteiger partial charge in [-0.05, 0) is 42.8 Å². The maximum Gasteiger partial charge on any atom is 0.320 e. The summed E-state index contributed by atoms with van der Waals surface area (Å²) in [6, 6.07) is 13.5. The molecular weight excluding hydrogens is 543 g/mol. The molecule has 3 N–H and O–H groups in total. The number of rotatable bonds is 8. The summed E-state index contributed by atoms with van der Waals surface area (Å²) in [6.45, 7) is 4.44. The van der Waals surface area contributed by atoms with Gasteiger partial charge in [0.25, 0.3) is 0 Å². The summed E-state index contributed by atoms with van der Waals surface area (Å²) in [5, 5.41) is 15.9. The number of urea groups is 1. The lowest BCUT2D eigenvalue weighted by Crippen LogP contribution is -2.42. The summed E-state index contributed by atoms with van der Waals surface area (Å²) < 4.78 is 26.5. The molecule has 13 heteroatoms. The van der Waals surface area contributed by atoms with E-state index in [1.54, 1.807) is 29.1 Å². The van der Waals surface area contributed by atoms with Crippen LogP contribution >= 0.6 is 0 Å². The number of nitrogens with one attached hydrogen (secondary N) is 3. The van der Waals surface area contributed by atoms with E-state index in [-0.39, 0.29) is 0 Å². The lowest BCUT2D eigenvalue weighted by Gasteiger charge is -2.19. The monoisotopic (exact) mass is 574 g/mol. The number of fused-ring (bicyclic) bond motifs is 1. The molecule has 1 fully saturated rings. The van der Waals surface area contributed by atoms with Gasteiger partial charge in [0.2, 0.25) is 11.8 Å². The van der Waals surface area contributed by atoms with E-state index >= 15 is 0 Å². The number of anilines is 2. The first kappa shape index (κ1) is 27.6. The minimum atomic E-state index is -0.622. The van der Waals surface area contributed by atoms with Crippen molar-refractivity contribution < 1.29 is 23.5 Å². The minimum absolute atomic E-state index is 0.378. The van der Waals surface area contributed by atoms with E-state index in [1.165, 1.54) is 12.3 Å². The van der Waals surface area contributed by atoms with E-state index in [1.807, 2.05) is 43.3 Å². The number of halogens is 1. The first-order valence-corrected chi connectivity index (χ1v) is 13.6. The van der Waals surface area contributed by atoms with Gasteiger partial charge in [-0.3, -0.25) is 10.2 Å². The molecule has 1 saturated heterocycles. The molecule has 218 valence electrons. The number of hydrogen-bond acceptors (Lipinski definition) is 9. The number of pyridine rings is 2. The molecule has 42 heavy (non-hydrogen) atoms. The highest BCUT2D eigenvalue weighted by Gasteiger charge is 2.37. The van der Waals surface area contributed by atoms with Crippen LogP contribution in [0.25, 0.3) is 16.9 Å². The second kappa shape index (κ2) is 12.1. The Bertz CT molecular complexity index is 1570. The van der Waals surface area contributed by atoms with Crippen molar-refractivity contribution in [3.8, 4) is 22.8 Å². The number of hydroxylamine groups is 2. The van der Waals surface area contributed by atoms with E-state index in [9.17, 15) is 9.18 Å². The second-order valence-electron chi connectivity index (χ2n) is 9.95. The smallest absolute Gasteiger partial charge is 0.320 e. The molecule has 6 rings (SSSR count). The molecule has 4 aromatic rings. The Morgan fingerprint density at radius 1 is 1.21 bits per heavy atom.